The molecule has 0 bridgehead atoms. The molecule has 17 N–H and O–H groups in total. The van der Waals surface area contributed by atoms with Crippen LogP contribution >= 0.6 is 0 Å². The van der Waals surface area contributed by atoms with Crippen molar-refractivity contribution < 1.29 is 133 Å². The molecule has 5 aliphatic rings. The molecule has 20 atom stereocenters. The zero-order chi connectivity index (χ0) is 64.0. The maximum atomic E-state index is 14.5. The van der Waals surface area contributed by atoms with Crippen molar-refractivity contribution in [1.29, 1.82) is 0 Å². The first-order valence-corrected chi connectivity index (χ1v) is 28.6. The Hall–Kier alpha value is -6.57. The Bertz CT molecular complexity index is 3000. The van der Waals surface area contributed by atoms with Gasteiger partial charge in [0.2, 0.25) is 11.8 Å². The van der Waals surface area contributed by atoms with Crippen molar-refractivity contribution in [3.05, 3.63) is 119 Å². The van der Waals surface area contributed by atoms with Crippen LogP contribution < -0.4 is 25.4 Å². The van der Waals surface area contributed by atoms with Crippen LogP contribution in [0.5, 0.6) is 17.2 Å². The van der Waals surface area contributed by atoms with E-state index in [9.17, 15) is 95.5 Å². The van der Waals surface area contributed by atoms with Crippen molar-refractivity contribution in [2.75, 3.05) is 38.2 Å². The van der Waals surface area contributed by atoms with Crippen molar-refractivity contribution in [3.8, 4) is 17.2 Å². The number of hydrogen-bond acceptors (Lipinski definition) is 27. The Kier molecular flexibility index (Phi) is 22.2. The van der Waals surface area contributed by atoms with E-state index in [2.05, 4.69) is 16.0 Å². The van der Waals surface area contributed by atoms with Gasteiger partial charge >= 0.3 is 0 Å². The minimum Gasteiger partial charge on any atom is -0.493 e. The molecule has 2 unspecified atom stereocenters. The van der Waals surface area contributed by atoms with Crippen molar-refractivity contribution in [3.63, 3.8) is 0 Å². The number of nitrogens with one attached hydrogen (secondary N) is 3. The first-order chi connectivity index (χ1) is 42.6. The molecule has 89 heavy (non-hydrogen) atoms. The maximum Gasteiger partial charge on any atom is 0.255 e. The second-order valence-electron chi connectivity index (χ2n) is 21.9. The highest BCUT2D eigenvalue weighted by atomic mass is 16.7. The summed E-state index contributed by atoms with van der Waals surface area (Å²) in [5.74, 6) is -5.38. The highest BCUT2D eigenvalue weighted by Crippen LogP contribution is 2.45. The Balaban J connectivity index is 0.919. The van der Waals surface area contributed by atoms with Crippen molar-refractivity contribution in [2.24, 2.45) is 5.92 Å². The van der Waals surface area contributed by atoms with E-state index in [1.165, 1.54) is 18.2 Å². The van der Waals surface area contributed by atoms with Crippen LogP contribution in [-0.4, -0.2) is 257 Å². The summed E-state index contributed by atoms with van der Waals surface area (Å²) < 4.78 is 45.4. The molecule has 4 aliphatic heterocycles. The Morgan fingerprint density at radius 2 is 0.966 bits per heavy atom. The van der Waals surface area contributed by atoms with E-state index < -0.39 is 184 Å². The molecular formula is C59H71N3O27. The van der Waals surface area contributed by atoms with Gasteiger partial charge in [-0.05, 0) is 37.1 Å². The number of amides is 3. The lowest BCUT2D eigenvalue weighted by atomic mass is 9.82. The number of aliphatic hydroxyl groups is 14. The smallest absolute Gasteiger partial charge is 0.255 e. The summed E-state index contributed by atoms with van der Waals surface area (Å²) in [6, 6.07) is 24.1. The van der Waals surface area contributed by atoms with Crippen LogP contribution in [0.3, 0.4) is 0 Å². The van der Waals surface area contributed by atoms with Crippen molar-refractivity contribution in [1.82, 2.24) is 10.6 Å². The monoisotopic (exact) mass is 1250 g/mol. The molecule has 4 saturated heterocycles. The average molecular weight is 1250 g/mol. The number of benzene rings is 4. The van der Waals surface area contributed by atoms with Gasteiger partial charge in [0.25, 0.3) is 5.91 Å². The van der Waals surface area contributed by atoms with Gasteiger partial charge in [-0.2, -0.15) is 0 Å². The van der Waals surface area contributed by atoms with E-state index in [-0.39, 0.29) is 77.3 Å². The summed E-state index contributed by atoms with van der Waals surface area (Å²) in [6.07, 6.45) is -37.2. The quantitative estimate of drug-likeness (QED) is 0.0217. The zero-order valence-corrected chi connectivity index (χ0v) is 47.2. The number of para-hydroxylation sites is 1. The number of rotatable bonds is 23. The van der Waals surface area contributed by atoms with Gasteiger partial charge in [-0.3, -0.25) is 24.0 Å². The Morgan fingerprint density at radius 1 is 0.494 bits per heavy atom. The fourth-order valence-electron chi connectivity index (χ4n) is 11.0. The van der Waals surface area contributed by atoms with Crippen LogP contribution in [0.15, 0.2) is 91.0 Å². The molecule has 0 saturated carbocycles. The molecule has 30 nitrogen and oxygen atoms in total. The lowest BCUT2D eigenvalue weighted by molar-refractivity contribution is -0.352. The molecule has 1 aliphatic carbocycles. The first-order valence-electron chi connectivity index (χ1n) is 28.6. The summed E-state index contributed by atoms with van der Waals surface area (Å²) in [5.41, 5.74) is -0.0674. The minimum absolute atomic E-state index is 0.0449. The summed E-state index contributed by atoms with van der Waals surface area (Å²) in [5, 5.41) is 155. The third-order valence-corrected chi connectivity index (χ3v) is 16.0. The van der Waals surface area contributed by atoms with Crippen LogP contribution in [0.2, 0.25) is 0 Å². The number of unbranched alkanes of at least 4 members (excludes halogenated alkanes) is 2. The second-order valence-corrected chi connectivity index (χ2v) is 21.9. The molecule has 30 heteroatoms. The summed E-state index contributed by atoms with van der Waals surface area (Å²) in [7, 11) is 0. The molecule has 0 aromatic heterocycles. The lowest BCUT2D eigenvalue weighted by Gasteiger charge is -2.45. The largest absolute Gasteiger partial charge is 0.493 e. The molecule has 4 heterocycles. The van der Waals surface area contributed by atoms with Crippen LogP contribution in [0.25, 0.3) is 0 Å². The van der Waals surface area contributed by atoms with Crippen LogP contribution in [0, 0.1) is 5.92 Å². The van der Waals surface area contributed by atoms with Gasteiger partial charge in [-0.25, -0.2) is 0 Å². The van der Waals surface area contributed by atoms with E-state index in [4.69, 9.17) is 37.9 Å². The van der Waals surface area contributed by atoms with Crippen LogP contribution in [0.1, 0.15) is 67.9 Å². The predicted octanol–water partition coefficient (Wildman–Crippen LogP) is -4.46. The number of hydrogen-bond donors (Lipinski definition) is 17. The Labute approximate surface area is 506 Å². The fourth-order valence-corrected chi connectivity index (χ4v) is 11.0. The molecule has 3 amide bonds. The number of aliphatic hydroxyl groups excluding tert-OH is 14. The van der Waals surface area contributed by atoms with E-state index >= 15 is 0 Å². The highest BCUT2D eigenvalue weighted by Gasteiger charge is 2.53. The SMILES string of the molecule is O=C(Nc1c(Oc2ccccc2)cc(OCCCCCC(C(=O)NC[C@H]2O[C@@H](O[C@H]3[C@H](O)[C@@H](O)C(O)O[C@@H]3CO)[C@H](O)[C@@H](O)[C@H]2O)C(=O)NC[C@H]2O[C@@H](O[C@H]3[C@H](O)[C@@H](O)C(O)O[C@@H]3CO)[C@H](O)[C@@H](O)[C@H]2O)c2c1C(=O)c1ccccc1C2=O)c1ccccc1. The highest BCUT2D eigenvalue weighted by molar-refractivity contribution is 6.32. The zero-order valence-electron chi connectivity index (χ0n) is 47.2. The number of ketones is 2. The second kappa shape index (κ2) is 29.6. The van der Waals surface area contributed by atoms with Crippen molar-refractivity contribution in [2.45, 2.75) is 149 Å². The molecule has 0 radical (unpaired) electrons. The number of carbonyl (C=O) groups is 5. The molecule has 484 valence electrons. The standard InChI is InChI=1S/C59H71N3O27/c63-23-34-51(45(71)47(73)56(80)84-34)88-58-49(75)43(69)41(67)32(86-58)21-60-54(78)29(55(79)61-22-33-42(68)44(70)50(76)59(87-33)89-52-35(24-64)85-57(81)48(74)46(52)72)18-8-3-11-19-82-30-20-31(83-26-14-6-2-7-15-26)38(62-53(77)25-12-4-1-5-13-25)37-36(30)39(65)27-16-9-10-17-28(27)40(37)66/h1-2,4-7,9-10,12-17,20,29,32-35,41-52,56-59,63-64,67-76,80-81H,3,8,11,18-19,21-24H2,(H,60,78)(H,61,79)(H,62,77)/t29?,32-,33-,34-,35-,41+,42+,43+,44+,45-,46-,47-,48-,49-,50-,51-,52-,56?,57?,58+,59+/m1/s1. The van der Waals surface area contributed by atoms with Gasteiger partial charge in [-0.1, -0.05) is 73.5 Å². The number of anilines is 1. The summed E-state index contributed by atoms with van der Waals surface area (Å²) in [6.45, 7) is -3.31. The summed E-state index contributed by atoms with van der Waals surface area (Å²) in [4.78, 5) is 71.3. The average Bonchev–Trinajstić information content (AvgIpc) is 0.901. The lowest BCUT2D eigenvalue weighted by Crippen LogP contribution is -2.65. The van der Waals surface area contributed by atoms with Crippen LogP contribution in [0.4, 0.5) is 5.69 Å². The molecule has 4 aromatic carbocycles. The minimum atomic E-state index is -2.05. The van der Waals surface area contributed by atoms with Gasteiger partial charge in [-0.15, -0.1) is 0 Å². The Morgan fingerprint density at radius 3 is 1.46 bits per heavy atom. The molecule has 9 rings (SSSR count). The van der Waals surface area contributed by atoms with E-state index in [0.29, 0.717) is 5.75 Å². The number of ether oxygens (including phenoxy) is 8. The van der Waals surface area contributed by atoms with Gasteiger partial charge in [0.05, 0.1) is 36.6 Å². The third kappa shape index (κ3) is 14.6. The fraction of sp³-hybridized carbons (Fsp3) is 0.508. The first kappa shape index (κ1) is 66.8. The molecule has 4 fully saturated rings. The van der Waals surface area contributed by atoms with E-state index in [1.807, 2.05) is 0 Å². The van der Waals surface area contributed by atoms with E-state index in [1.54, 1.807) is 72.8 Å². The summed E-state index contributed by atoms with van der Waals surface area (Å²) >= 11 is 0. The number of carbonyl (C=O) groups excluding carboxylic acids is 5. The van der Waals surface area contributed by atoms with Gasteiger partial charge in [0.15, 0.2) is 42.5 Å². The van der Waals surface area contributed by atoms with Crippen LogP contribution in [-0.2, 0) is 38.0 Å². The van der Waals surface area contributed by atoms with Gasteiger partial charge in [0, 0.05) is 35.8 Å². The van der Waals surface area contributed by atoms with Gasteiger partial charge in [0.1, 0.15) is 115 Å². The molecule has 4 aromatic rings. The maximum absolute atomic E-state index is 14.5. The number of fused-ring (bicyclic) bond motifs is 2. The molecular weight excluding hydrogens is 1180 g/mol. The van der Waals surface area contributed by atoms with Crippen molar-refractivity contribution >= 4 is 35.0 Å². The van der Waals surface area contributed by atoms with E-state index in [0.717, 1.165) is 0 Å². The normalized spacial score (nSPS) is 33.1. The molecule has 0 spiro atoms. The predicted molar refractivity (Wildman–Crippen MR) is 297 cm³/mol. The third-order valence-electron chi connectivity index (χ3n) is 16.0. The van der Waals surface area contributed by atoms with Gasteiger partial charge < -0.3 is 125 Å². The topological polar surface area (TPSA) is 479 Å².